The van der Waals surface area contributed by atoms with Gasteiger partial charge in [0.2, 0.25) is 0 Å². The third kappa shape index (κ3) is 2.53. The summed E-state index contributed by atoms with van der Waals surface area (Å²) in [5, 5.41) is 0. The van der Waals surface area contributed by atoms with Crippen LogP contribution in [0.4, 0.5) is 0 Å². The molecule has 5 nitrogen and oxygen atoms in total. The Morgan fingerprint density at radius 2 is 1.60 bits per heavy atom. The van der Waals surface area contributed by atoms with Gasteiger partial charge >= 0.3 is 12.8 Å². The van der Waals surface area contributed by atoms with E-state index in [1.807, 2.05) is 76.2 Å². The summed E-state index contributed by atoms with van der Waals surface area (Å²) in [6, 6.07) is 15.4. The number of imidazole rings is 1. The van der Waals surface area contributed by atoms with Gasteiger partial charge in [-0.25, -0.2) is 4.79 Å². The number of aromatic amines is 1. The Balaban J connectivity index is 1.83. The molecule has 6 heteroatoms. The van der Waals surface area contributed by atoms with E-state index in [4.69, 9.17) is 9.31 Å². The van der Waals surface area contributed by atoms with E-state index in [9.17, 15) is 4.79 Å². The van der Waals surface area contributed by atoms with Crippen molar-refractivity contribution < 1.29 is 9.31 Å². The molecule has 1 aliphatic rings. The molecule has 0 atom stereocenters. The van der Waals surface area contributed by atoms with Crippen molar-refractivity contribution in [1.29, 1.82) is 0 Å². The molecule has 4 rings (SSSR count). The van der Waals surface area contributed by atoms with Gasteiger partial charge < -0.3 is 14.3 Å². The van der Waals surface area contributed by atoms with Crippen LogP contribution in [0, 0.1) is 0 Å². The highest BCUT2D eigenvalue weighted by atomic mass is 16.7. The number of fused-ring (bicyclic) bond motifs is 1. The number of hydrogen-bond acceptors (Lipinski definition) is 3. The second kappa shape index (κ2) is 5.34. The number of rotatable bonds is 2. The second-order valence-electron chi connectivity index (χ2n) is 7.47. The van der Waals surface area contributed by atoms with Gasteiger partial charge in [0.15, 0.2) is 0 Å². The first kappa shape index (κ1) is 16.2. The van der Waals surface area contributed by atoms with E-state index < -0.39 is 18.3 Å². The van der Waals surface area contributed by atoms with Crippen LogP contribution in [0.1, 0.15) is 27.7 Å². The molecule has 0 amide bonds. The van der Waals surface area contributed by atoms with Crippen molar-refractivity contribution in [2.24, 2.45) is 0 Å². The molecule has 0 bridgehead atoms. The Bertz CT molecular complexity index is 973. The fourth-order valence-corrected chi connectivity index (χ4v) is 3.08. The van der Waals surface area contributed by atoms with Crippen LogP contribution >= 0.6 is 0 Å². The Morgan fingerprint density at radius 1 is 0.960 bits per heavy atom. The third-order valence-electron chi connectivity index (χ3n) is 5.25. The number of aromatic nitrogens is 2. The standard InChI is InChI=1S/C19H21BN2O3/c1-18(2)19(3,4)25-20(24-18)13-10-11-15-16(12-13)22(17(23)21-15)14-8-6-5-7-9-14/h5-12H,1-4H3,(H,21,23). The SMILES string of the molecule is CC1(C)OB(c2ccc3[nH]c(=O)n(-c4ccccc4)c3c2)OC1(C)C. The van der Waals surface area contributed by atoms with Crippen LogP contribution in [0.3, 0.4) is 0 Å². The zero-order valence-corrected chi connectivity index (χ0v) is 14.9. The van der Waals surface area contributed by atoms with E-state index in [1.165, 1.54) is 0 Å². The largest absolute Gasteiger partial charge is 0.494 e. The fourth-order valence-electron chi connectivity index (χ4n) is 3.08. The summed E-state index contributed by atoms with van der Waals surface area (Å²) >= 11 is 0. The van der Waals surface area contributed by atoms with Gasteiger partial charge in [-0.15, -0.1) is 0 Å². The minimum atomic E-state index is -0.455. The normalized spacial score (nSPS) is 18.8. The van der Waals surface area contributed by atoms with E-state index in [0.29, 0.717) is 0 Å². The minimum absolute atomic E-state index is 0.160. The van der Waals surface area contributed by atoms with Gasteiger partial charge in [0.05, 0.1) is 27.9 Å². The highest BCUT2D eigenvalue weighted by Crippen LogP contribution is 2.36. The van der Waals surface area contributed by atoms with Gasteiger partial charge in [-0.05, 0) is 57.4 Å². The molecule has 25 heavy (non-hydrogen) atoms. The molecule has 3 aromatic rings. The van der Waals surface area contributed by atoms with Crippen molar-refractivity contribution in [3.05, 3.63) is 59.0 Å². The Hall–Kier alpha value is -2.31. The van der Waals surface area contributed by atoms with Gasteiger partial charge in [-0.1, -0.05) is 24.3 Å². The summed E-state index contributed by atoms with van der Waals surface area (Å²) in [7, 11) is -0.455. The van der Waals surface area contributed by atoms with Crippen LogP contribution in [0.5, 0.6) is 0 Å². The van der Waals surface area contributed by atoms with Crippen molar-refractivity contribution >= 4 is 23.6 Å². The molecule has 0 saturated carbocycles. The number of H-pyrrole nitrogens is 1. The van der Waals surface area contributed by atoms with Crippen molar-refractivity contribution in [2.75, 3.05) is 0 Å². The first-order valence-corrected chi connectivity index (χ1v) is 8.44. The fraction of sp³-hybridized carbons (Fsp3) is 0.316. The number of hydrogen-bond donors (Lipinski definition) is 1. The molecule has 1 N–H and O–H groups in total. The zero-order valence-electron chi connectivity index (χ0n) is 14.9. The lowest BCUT2D eigenvalue weighted by Crippen LogP contribution is -2.41. The van der Waals surface area contributed by atoms with E-state index >= 15 is 0 Å². The molecule has 0 spiro atoms. The lowest BCUT2D eigenvalue weighted by Gasteiger charge is -2.32. The van der Waals surface area contributed by atoms with Crippen molar-refractivity contribution in [3.63, 3.8) is 0 Å². The molecule has 0 radical (unpaired) electrons. The zero-order chi connectivity index (χ0) is 17.8. The summed E-state index contributed by atoms with van der Waals surface area (Å²) in [6.07, 6.45) is 0. The summed E-state index contributed by atoms with van der Waals surface area (Å²) in [4.78, 5) is 15.3. The first-order chi connectivity index (χ1) is 11.8. The third-order valence-corrected chi connectivity index (χ3v) is 5.25. The van der Waals surface area contributed by atoms with E-state index in [2.05, 4.69) is 4.98 Å². The Labute approximate surface area is 146 Å². The Kier molecular flexibility index (Phi) is 3.46. The lowest BCUT2D eigenvalue weighted by atomic mass is 9.79. The summed E-state index contributed by atoms with van der Waals surface area (Å²) in [5.74, 6) is 0. The molecule has 2 aromatic carbocycles. The number of para-hydroxylation sites is 1. The van der Waals surface area contributed by atoms with E-state index in [1.54, 1.807) is 4.57 Å². The van der Waals surface area contributed by atoms with Crippen LogP contribution in [0.25, 0.3) is 16.7 Å². The molecule has 1 aliphatic heterocycles. The van der Waals surface area contributed by atoms with Gasteiger partial charge in [0.25, 0.3) is 0 Å². The lowest BCUT2D eigenvalue weighted by molar-refractivity contribution is 0.00578. The molecule has 1 fully saturated rings. The molecule has 1 saturated heterocycles. The maximum atomic E-state index is 12.4. The maximum Gasteiger partial charge on any atom is 0.494 e. The van der Waals surface area contributed by atoms with Crippen molar-refractivity contribution in [1.82, 2.24) is 9.55 Å². The van der Waals surface area contributed by atoms with E-state index in [-0.39, 0.29) is 5.69 Å². The van der Waals surface area contributed by atoms with E-state index in [0.717, 1.165) is 22.2 Å². The van der Waals surface area contributed by atoms with Crippen LogP contribution < -0.4 is 11.2 Å². The molecular formula is C19H21BN2O3. The predicted molar refractivity (Wildman–Crippen MR) is 99.6 cm³/mol. The smallest absolute Gasteiger partial charge is 0.399 e. The highest BCUT2D eigenvalue weighted by Gasteiger charge is 2.51. The van der Waals surface area contributed by atoms with Gasteiger partial charge in [-0.2, -0.15) is 0 Å². The number of nitrogens with zero attached hydrogens (tertiary/aromatic N) is 1. The summed E-state index contributed by atoms with van der Waals surface area (Å²) < 4.78 is 13.9. The molecule has 2 heterocycles. The average molecular weight is 336 g/mol. The highest BCUT2D eigenvalue weighted by molar-refractivity contribution is 6.62. The van der Waals surface area contributed by atoms with Gasteiger partial charge in [-0.3, -0.25) is 4.57 Å². The quantitative estimate of drug-likeness (QED) is 0.732. The topological polar surface area (TPSA) is 56.2 Å². The van der Waals surface area contributed by atoms with Crippen LogP contribution in [-0.4, -0.2) is 27.9 Å². The monoisotopic (exact) mass is 336 g/mol. The van der Waals surface area contributed by atoms with Gasteiger partial charge in [0, 0.05) is 0 Å². The molecule has 1 aromatic heterocycles. The predicted octanol–water partition coefficient (Wildman–Crippen LogP) is 2.62. The average Bonchev–Trinajstić information content (AvgIpc) is 2.99. The van der Waals surface area contributed by atoms with Crippen molar-refractivity contribution in [3.8, 4) is 5.69 Å². The van der Waals surface area contributed by atoms with Crippen LogP contribution in [0.2, 0.25) is 0 Å². The van der Waals surface area contributed by atoms with Crippen molar-refractivity contribution in [2.45, 2.75) is 38.9 Å². The minimum Gasteiger partial charge on any atom is -0.399 e. The molecular weight excluding hydrogens is 315 g/mol. The summed E-state index contributed by atoms with van der Waals surface area (Å²) in [5.41, 5.74) is 2.36. The molecule has 0 unspecified atom stereocenters. The molecule has 128 valence electrons. The van der Waals surface area contributed by atoms with Crippen LogP contribution in [-0.2, 0) is 9.31 Å². The first-order valence-electron chi connectivity index (χ1n) is 8.44. The Morgan fingerprint density at radius 3 is 2.24 bits per heavy atom. The van der Waals surface area contributed by atoms with Crippen LogP contribution in [0.15, 0.2) is 53.3 Å². The van der Waals surface area contributed by atoms with Gasteiger partial charge in [0.1, 0.15) is 0 Å². The molecule has 0 aliphatic carbocycles. The number of nitrogens with one attached hydrogen (secondary N) is 1. The number of benzene rings is 2. The second-order valence-corrected chi connectivity index (χ2v) is 7.47. The summed E-state index contributed by atoms with van der Waals surface area (Å²) in [6.45, 7) is 8.12. The maximum absolute atomic E-state index is 12.4.